The molecule has 3 aromatic rings. The number of carbonyl (C=O) groups is 1. The van der Waals surface area contributed by atoms with Gasteiger partial charge < -0.3 is 25.2 Å². The number of hydrogen-bond acceptors (Lipinski definition) is 7. The highest BCUT2D eigenvalue weighted by atomic mass is 35.5. The Balaban J connectivity index is 1.33. The summed E-state index contributed by atoms with van der Waals surface area (Å²) in [6.45, 7) is 4.26. The van der Waals surface area contributed by atoms with Gasteiger partial charge in [0, 0.05) is 49.5 Å². The number of amides is 1. The van der Waals surface area contributed by atoms with Gasteiger partial charge in [-0.25, -0.2) is 0 Å². The molecule has 2 aliphatic rings. The molecule has 1 aliphatic carbocycles. The predicted octanol–water partition coefficient (Wildman–Crippen LogP) is 4.42. The van der Waals surface area contributed by atoms with Crippen molar-refractivity contribution in [3.8, 4) is 5.75 Å². The Labute approximate surface area is 244 Å². The molecule has 2 heterocycles. The van der Waals surface area contributed by atoms with E-state index in [1.807, 2.05) is 36.4 Å². The van der Waals surface area contributed by atoms with E-state index in [1.54, 1.807) is 25.1 Å². The Bertz CT molecular complexity index is 1320. The lowest BCUT2D eigenvalue weighted by molar-refractivity contribution is 0.00674. The molecule has 1 amide bonds. The number of aliphatic hydroxyl groups is 2. The molecule has 2 fully saturated rings. The van der Waals surface area contributed by atoms with Crippen LogP contribution in [-0.4, -0.2) is 71.4 Å². The molecule has 2 aromatic carbocycles. The smallest absolute Gasteiger partial charge is 0.253 e. The van der Waals surface area contributed by atoms with Gasteiger partial charge >= 0.3 is 0 Å². The van der Waals surface area contributed by atoms with E-state index in [9.17, 15) is 9.90 Å². The van der Waals surface area contributed by atoms with Crippen LogP contribution in [0.4, 0.5) is 5.69 Å². The summed E-state index contributed by atoms with van der Waals surface area (Å²) in [7, 11) is 0. The van der Waals surface area contributed by atoms with Gasteiger partial charge in [0.2, 0.25) is 0 Å². The number of ether oxygens (including phenoxy) is 1. The number of nitrogens with one attached hydrogen (secondary N) is 1. The highest BCUT2D eigenvalue weighted by molar-refractivity contribution is 6.33. The topological polar surface area (TPSA) is 98.2 Å². The number of aliphatic hydroxyl groups excluding tert-OH is 1. The van der Waals surface area contributed by atoms with E-state index in [0.717, 1.165) is 24.1 Å². The van der Waals surface area contributed by atoms with Crippen molar-refractivity contribution in [3.63, 3.8) is 0 Å². The first-order chi connectivity index (χ1) is 19.2. The first-order valence-electron chi connectivity index (χ1n) is 13.5. The minimum absolute atomic E-state index is 0.0509. The number of anilines is 1. The normalized spacial score (nSPS) is 19.2. The van der Waals surface area contributed by atoms with Gasteiger partial charge in [-0.15, -0.1) is 0 Å². The van der Waals surface area contributed by atoms with Crippen molar-refractivity contribution in [3.05, 3.63) is 87.7 Å². The van der Waals surface area contributed by atoms with Crippen LogP contribution in [-0.2, 0) is 5.60 Å². The van der Waals surface area contributed by atoms with Crippen molar-refractivity contribution in [1.29, 1.82) is 0 Å². The molecule has 1 saturated carbocycles. The number of piperazine rings is 1. The number of nitrogens with zero attached hydrogens (tertiary/aromatic N) is 3. The molecular formula is C30H34Cl2N4O4. The fourth-order valence-electron chi connectivity index (χ4n) is 5.08. The average molecular weight is 586 g/mol. The molecule has 10 heteroatoms. The molecule has 1 aliphatic heterocycles. The Morgan fingerprint density at radius 1 is 1.12 bits per heavy atom. The van der Waals surface area contributed by atoms with Gasteiger partial charge in [-0.05, 0) is 61.7 Å². The van der Waals surface area contributed by atoms with Crippen molar-refractivity contribution in [2.75, 3.05) is 44.3 Å². The SMILES string of the molecule is C[C@@](O)(CN1CCN(c2ccc(OCCO)cc2Cl)[C@H](c2ccc(Cl)cc2)C1)c1ccc(C(=O)NC2CC2)cn1. The van der Waals surface area contributed by atoms with Crippen molar-refractivity contribution in [1.82, 2.24) is 15.2 Å². The third-order valence-corrected chi connectivity index (χ3v) is 7.88. The molecule has 0 radical (unpaired) electrons. The standard InChI is InChI=1S/C30H34Cl2N4O4/c1-30(39,28-11-4-21(17-33-28)29(38)34-23-7-8-23)19-35-12-13-36(27(18-35)20-2-5-22(31)6-3-20)26-10-9-24(16-25(26)32)40-15-14-37/h2-6,9-11,16-17,23,27,37,39H,7-8,12-15,18-19H2,1H3,(H,34,38)/t27-,30+/m0/s1. The zero-order valence-corrected chi connectivity index (χ0v) is 23.9. The summed E-state index contributed by atoms with van der Waals surface area (Å²) in [5.74, 6) is 0.471. The Hall–Kier alpha value is -2.88. The van der Waals surface area contributed by atoms with E-state index in [4.69, 9.17) is 33.0 Å². The Morgan fingerprint density at radius 3 is 2.55 bits per heavy atom. The molecule has 0 spiro atoms. The van der Waals surface area contributed by atoms with Crippen LogP contribution < -0.4 is 15.0 Å². The average Bonchev–Trinajstić information content (AvgIpc) is 3.76. The van der Waals surface area contributed by atoms with E-state index >= 15 is 0 Å². The maximum Gasteiger partial charge on any atom is 0.253 e. The maximum absolute atomic E-state index is 12.3. The number of halogens is 2. The molecule has 0 bridgehead atoms. The van der Waals surface area contributed by atoms with Crippen LogP contribution >= 0.6 is 23.2 Å². The number of carbonyl (C=O) groups excluding carboxylic acids is 1. The molecule has 1 saturated heterocycles. The third-order valence-electron chi connectivity index (χ3n) is 7.33. The second-order valence-corrected chi connectivity index (χ2v) is 11.5. The fourth-order valence-corrected chi connectivity index (χ4v) is 5.48. The van der Waals surface area contributed by atoms with Gasteiger partial charge in [0.25, 0.3) is 5.91 Å². The van der Waals surface area contributed by atoms with Crippen LogP contribution in [0.25, 0.3) is 0 Å². The zero-order chi connectivity index (χ0) is 28.3. The summed E-state index contributed by atoms with van der Waals surface area (Å²) >= 11 is 12.9. The van der Waals surface area contributed by atoms with E-state index in [1.165, 1.54) is 6.20 Å². The maximum atomic E-state index is 12.3. The monoisotopic (exact) mass is 584 g/mol. The molecule has 5 rings (SSSR count). The first-order valence-corrected chi connectivity index (χ1v) is 14.3. The molecule has 40 heavy (non-hydrogen) atoms. The van der Waals surface area contributed by atoms with Gasteiger partial charge in [0.05, 0.1) is 34.6 Å². The lowest BCUT2D eigenvalue weighted by Gasteiger charge is -2.45. The van der Waals surface area contributed by atoms with Gasteiger partial charge in [-0.1, -0.05) is 35.3 Å². The third kappa shape index (κ3) is 6.87. The molecular weight excluding hydrogens is 551 g/mol. The van der Waals surface area contributed by atoms with Crippen molar-refractivity contribution >= 4 is 34.8 Å². The number of pyridine rings is 1. The van der Waals surface area contributed by atoms with E-state index in [0.29, 0.717) is 53.2 Å². The number of aromatic nitrogens is 1. The van der Waals surface area contributed by atoms with Crippen LogP contribution in [0, 0.1) is 0 Å². The Kier molecular flexibility index (Phi) is 8.83. The fraction of sp³-hybridized carbons (Fsp3) is 0.400. The summed E-state index contributed by atoms with van der Waals surface area (Å²) in [6.07, 6.45) is 3.57. The second-order valence-electron chi connectivity index (χ2n) is 10.6. The first kappa shape index (κ1) is 28.6. The molecule has 0 unspecified atom stereocenters. The van der Waals surface area contributed by atoms with Crippen LogP contribution in [0.1, 0.15) is 47.4 Å². The molecule has 3 N–H and O–H groups in total. The van der Waals surface area contributed by atoms with Gasteiger partial charge in [0.1, 0.15) is 18.0 Å². The second kappa shape index (κ2) is 12.3. The van der Waals surface area contributed by atoms with E-state index in [2.05, 4.69) is 20.1 Å². The van der Waals surface area contributed by atoms with E-state index in [-0.39, 0.29) is 31.2 Å². The minimum Gasteiger partial charge on any atom is -0.491 e. The summed E-state index contributed by atoms with van der Waals surface area (Å²) in [5.41, 5.74) is 1.75. The Morgan fingerprint density at radius 2 is 1.90 bits per heavy atom. The predicted molar refractivity (Wildman–Crippen MR) is 156 cm³/mol. The van der Waals surface area contributed by atoms with Crippen LogP contribution in [0.3, 0.4) is 0 Å². The molecule has 2 atom stereocenters. The quantitative estimate of drug-likeness (QED) is 0.324. The largest absolute Gasteiger partial charge is 0.491 e. The van der Waals surface area contributed by atoms with Crippen molar-refractivity contribution in [2.24, 2.45) is 0 Å². The highest BCUT2D eigenvalue weighted by Crippen LogP contribution is 2.38. The number of benzene rings is 2. The summed E-state index contributed by atoms with van der Waals surface area (Å²) in [5, 5.41) is 24.7. The van der Waals surface area contributed by atoms with Crippen LogP contribution in [0.5, 0.6) is 5.75 Å². The summed E-state index contributed by atoms with van der Waals surface area (Å²) in [6, 6.07) is 17.0. The molecule has 1 aromatic heterocycles. The van der Waals surface area contributed by atoms with Gasteiger partial charge in [0.15, 0.2) is 0 Å². The van der Waals surface area contributed by atoms with Crippen LogP contribution in [0.15, 0.2) is 60.8 Å². The lowest BCUT2D eigenvalue weighted by Crippen LogP contribution is -2.52. The molecule has 212 valence electrons. The number of rotatable bonds is 10. The van der Waals surface area contributed by atoms with Gasteiger partial charge in [-0.2, -0.15) is 0 Å². The summed E-state index contributed by atoms with van der Waals surface area (Å²) in [4.78, 5) is 21.3. The number of hydrogen-bond donors (Lipinski definition) is 3. The number of β-amino-alcohol motifs (C(OH)–C–C–N with tert-alkyl or cyclic N) is 1. The lowest BCUT2D eigenvalue weighted by atomic mass is 9.97. The van der Waals surface area contributed by atoms with Crippen LogP contribution in [0.2, 0.25) is 10.0 Å². The van der Waals surface area contributed by atoms with Crippen molar-refractivity contribution < 1.29 is 19.7 Å². The minimum atomic E-state index is -1.22. The van der Waals surface area contributed by atoms with E-state index < -0.39 is 5.60 Å². The molecule has 8 nitrogen and oxygen atoms in total. The highest BCUT2D eigenvalue weighted by Gasteiger charge is 2.35. The van der Waals surface area contributed by atoms with Crippen molar-refractivity contribution in [2.45, 2.75) is 37.5 Å². The van der Waals surface area contributed by atoms with Gasteiger partial charge in [-0.3, -0.25) is 14.7 Å². The summed E-state index contributed by atoms with van der Waals surface area (Å²) < 4.78 is 5.53. The zero-order valence-electron chi connectivity index (χ0n) is 22.4.